The van der Waals surface area contributed by atoms with Gasteiger partial charge in [0.05, 0.1) is 14.8 Å². The Labute approximate surface area is 120 Å². The fraction of sp³-hybridized carbons (Fsp3) is 0. The van der Waals surface area contributed by atoms with E-state index >= 15 is 0 Å². The molecule has 0 bridgehead atoms. The van der Waals surface area contributed by atoms with Crippen LogP contribution in [0.15, 0.2) is 30.3 Å². The van der Waals surface area contributed by atoms with E-state index in [1.54, 1.807) is 24.3 Å². The largest absolute Gasteiger partial charge is 0.424 e. The molecule has 0 radical (unpaired) electrons. The third-order valence-electron chi connectivity index (χ3n) is 3.29. The molecule has 1 N–H and O–H groups in total. The highest BCUT2D eigenvalue weighted by molar-refractivity contribution is 6.13. The number of nitrogens with zero attached hydrogens (tertiary/aromatic N) is 3. The van der Waals surface area contributed by atoms with Crippen LogP contribution in [0.1, 0.15) is 0 Å². The summed E-state index contributed by atoms with van der Waals surface area (Å²) in [5.41, 5.74) is -2.56. The standard InChI is InChI=1S/C12H6N4O6/c17-14(18)9-5-7-6-3-1-2-4-8(6)13-10(7)12(16(21)22)11(9)15(19)20/h1-5,13H. The van der Waals surface area contributed by atoms with Crippen LogP contribution in [0.3, 0.4) is 0 Å². The first kappa shape index (κ1) is 13.4. The number of aromatic nitrogens is 1. The summed E-state index contributed by atoms with van der Waals surface area (Å²) in [5, 5.41) is 34.1. The number of benzene rings is 2. The van der Waals surface area contributed by atoms with Gasteiger partial charge in [0.2, 0.25) is 0 Å². The number of nitro benzene ring substituents is 3. The zero-order chi connectivity index (χ0) is 16.0. The zero-order valence-electron chi connectivity index (χ0n) is 10.7. The number of rotatable bonds is 3. The predicted molar refractivity (Wildman–Crippen MR) is 75.8 cm³/mol. The van der Waals surface area contributed by atoms with Gasteiger partial charge in [-0.1, -0.05) is 18.2 Å². The highest BCUT2D eigenvalue weighted by Gasteiger charge is 2.39. The zero-order valence-corrected chi connectivity index (χ0v) is 10.7. The highest BCUT2D eigenvalue weighted by atomic mass is 16.6. The van der Waals surface area contributed by atoms with Gasteiger partial charge >= 0.3 is 17.1 Å². The number of fused-ring (bicyclic) bond motifs is 3. The molecule has 3 rings (SSSR count). The van der Waals surface area contributed by atoms with Crippen molar-refractivity contribution in [2.45, 2.75) is 0 Å². The van der Waals surface area contributed by atoms with Crippen LogP contribution in [-0.4, -0.2) is 19.8 Å². The minimum absolute atomic E-state index is 0.108. The SMILES string of the molecule is O=[N+]([O-])c1cc2c([nH]c3ccccc32)c([N+](=O)[O-])c1[N+](=O)[O-]. The molecule has 10 heteroatoms. The summed E-state index contributed by atoms with van der Waals surface area (Å²) in [5.74, 6) is 0. The van der Waals surface area contributed by atoms with Gasteiger partial charge < -0.3 is 4.98 Å². The molecule has 0 saturated heterocycles. The number of hydrogen-bond acceptors (Lipinski definition) is 6. The highest BCUT2D eigenvalue weighted by Crippen LogP contribution is 2.44. The topological polar surface area (TPSA) is 145 Å². The third-order valence-corrected chi connectivity index (χ3v) is 3.29. The molecule has 10 nitrogen and oxygen atoms in total. The minimum Gasteiger partial charge on any atom is -0.349 e. The number of nitrogens with one attached hydrogen (secondary N) is 1. The number of nitro groups is 3. The first-order valence-electron chi connectivity index (χ1n) is 5.92. The molecule has 0 aliphatic carbocycles. The van der Waals surface area contributed by atoms with Gasteiger partial charge in [0.25, 0.3) is 0 Å². The van der Waals surface area contributed by atoms with Gasteiger partial charge in [-0.15, -0.1) is 0 Å². The molecule has 0 fully saturated rings. The van der Waals surface area contributed by atoms with Crippen molar-refractivity contribution in [1.82, 2.24) is 4.98 Å². The first-order valence-corrected chi connectivity index (χ1v) is 5.92. The Morgan fingerprint density at radius 1 is 0.818 bits per heavy atom. The van der Waals surface area contributed by atoms with E-state index in [1.807, 2.05) is 0 Å². The van der Waals surface area contributed by atoms with Crippen LogP contribution in [-0.2, 0) is 0 Å². The van der Waals surface area contributed by atoms with Crippen LogP contribution in [0.4, 0.5) is 17.1 Å². The van der Waals surface area contributed by atoms with Crippen LogP contribution in [0.2, 0.25) is 0 Å². The van der Waals surface area contributed by atoms with E-state index in [2.05, 4.69) is 4.98 Å². The summed E-state index contributed by atoms with van der Waals surface area (Å²) in [6, 6.07) is 7.56. The van der Waals surface area contributed by atoms with Gasteiger partial charge in [-0.25, -0.2) is 0 Å². The maximum Gasteiger partial charge on any atom is 0.424 e. The molecular formula is C12H6N4O6. The second kappa shape index (κ2) is 4.48. The number of H-pyrrole nitrogens is 1. The quantitative estimate of drug-likeness (QED) is 0.581. The Hall–Kier alpha value is -3.56. The molecule has 0 saturated carbocycles. The summed E-state index contributed by atoms with van der Waals surface area (Å²) in [6.07, 6.45) is 0. The van der Waals surface area contributed by atoms with E-state index in [-0.39, 0.29) is 10.9 Å². The van der Waals surface area contributed by atoms with Crippen molar-refractivity contribution in [2.75, 3.05) is 0 Å². The second-order valence-electron chi connectivity index (χ2n) is 4.46. The smallest absolute Gasteiger partial charge is 0.349 e. The molecule has 3 aromatic rings. The molecule has 0 atom stereocenters. The van der Waals surface area contributed by atoms with E-state index in [0.717, 1.165) is 6.07 Å². The fourth-order valence-corrected chi connectivity index (χ4v) is 2.44. The van der Waals surface area contributed by atoms with E-state index in [1.165, 1.54) is 0 Å². The Balaban J connectivity index is 2.62. The Bertz CT molecular complexity index is 977. The summed E-state index contributed by atoms with van der Waals surface area (Å²) in [7, 11) is 0. The summed E-state index contributed by atoms with van der Waals surface area (Å²) >= 11 is 0. The Morgan fingerprint density at radius 3 is 2.05 bits per heavy atom. The molecule has 0 aliphatic heterocycles. The van der Waals surface area contributed by atoms with Crippen molar-refractivity contribution < 1.29 is 14.8 Å². The van der Waals surface area contributed by atoms with Gasteiger partial charge in [-0.05, 0) is 6.07 Å². The lowest BCUT2D eigenvalue weighted by atomic mass is 10.1. The van der Waals surface area contributed by atoms with Crippen molar-refractivity contribution in [3.8, 4) is 0 Å². The maximum absolute atomic E-state index is 11.3. The van der Waals surface area contributed by atoms with E-state index in [0.29, 0.717) is 10.9 Å². The second-order valence-corrected chi connectivity index (χ2v) is 4.46. The van der Waals surface area contributed by atoms with E-state index in [9.17, 15) is 30.3 Å². The van der Waals surface area contributed by atoms with Crippen molar-refractivity contribution >= 4 is 38.9 Å². The van der Waals surface area contributed by atoms with Crippen LogP contribution >= 0.6 is 0 Å². The molecule has 1 aromatic heterocycles. The number of hydrogen-bond donors (Lipinski definition) is 1. The van der Waals surface area contributed by atoms with Crippen LogP contribution < -0.4 is 0 Å². The minimum atomic E-state index is -1.13. The molecule has 0 spiro atoms. The van der Waals surface area contributed by atoms with E-state index < -0.39 is 31.8 Å². The summed E-state index contributed by atoms with van der Waals surface area (Å²) in [6.45, 7) is 0. The van der Waals surface area contributed by atoms with Crippen molar-refractivity contribution in [3.05, 3.63) is 60.7 Å². The van der Waals surface area contributed by atoms with E-state index in [4.69, 9.17) is 0 Å². The lowest BCUT2D eigenvalue weighted by Crippen LogP contribution is -2.02. The lowest BCUT2D eigenvalue weighted by Gasteiger charge is -1.98. The van der Waals surface area contributed by atoms with Crippen LogP contribution in [0, 0.1) is 30.3 Å². The predicted octanol–water partition coefficient (Wildman–Crippen LogP) is 3.05. The molecule has 110 valence electrons. The normalized spacial score (nSPS) is 10.9. The van der Waals surface area contributed by atoms with Crippen molar-refractivity contribution in [3.63, 3.8) is 0 Å². The molecular weight excluding hydrogens is 296 g/mol. The van der Waals surface area contributed by atoms with Gasteiger partial charge in [0, 0.05) is 22.4 Å². The van der Waals surface area contributed by atoms with Gasteiger partial charge in [-0.2, -0.15) is 0 Å². The summed E-state index contributed by atoms with van der Waals surface area (Å²) < 4.78 is 0. The van der Waals surface area contributed by atoms with Crippen molar-refractivity contribution in [2.24, 2.45) is 0 Å². The summed E-state index contributed by atoms with van der Waals surface area (Å²) in [4.78, 5) is 33.0. The number of aromatic amines is 1. The first-order chi connectivity index (χ1) is 10.4. The molecule has 0 aliphatic rings. The lowest BCUT2D eigenvalue weighted by molar-refractivity contribution is -0.440. The van der Waals surface area contributed by atoms with Crippen LogP contribution in [0.25, 0.3) is 21.8 Å². The van der Waals surface area contributed by atoms with Gasteiger partial charge in [-0.3, -0.25) is 30.3 Å². The Morgan fingerprint density at radius 2 is 1.45 bits per heavy atom. The molecule has 1 heterocycles. The monoisotopic (exact) mass is 302 g/mol. The van der Waals surface area contributed by atoms with Crippen LogP contribution in [0.5, 0.6) is 0 Å². The molecule has 2 aromatic carbocycles. The maximum atomic E-state index is 11.3. The van der Waals surface area contributed by atoms with Gasteiger partial charge in [0.1, 0.15) is 5.52 Å². The average molecular weight is 302 g/mol. The molecule has 0 amide bonds. The molecule has 22 heavy (non-hydrogen) atoms. The number of para-hydroxylation sites is 1. The Kier molecular flexibility index (Phi) is 2.73. The fourth-order valence-electron chi connectivity index (χ4n) is 2.44. The van der Waals surface area contributed by atoms with Crippen molar-refractivity contribution in [1.29, 1.82) is 0 Å². The molecule has 0 unspecified atom stereocenters. The average Bonchev–Trinajstić information content (AvgIpc) is 2.82. The third kappa shape index (κ3) is 1.74. The van der Waals surface area contributed by atoms with Gasteiger partial charge in [0.15, 0.2) is 0 Å².